The van der Waals surface area contributed by atoms with Crippen molar-refractivity contribution in [2.45, 2.75) is 38.1 Å². The molecular formula is C16H22N6O5. The molecule has 1 aliphatic carbocycles. The molecule has 2 rings (SSSR count). The molecule has 1 saturated carbocycles. The van der Waals surface area contributed by atoms with E-state index in [0.29, 0.717) is 11.4 Å². The average molecular weight is 378 g/mol. The molecule has 1 atom stereocenters. The molecule has 27 heavy (non-hydrogen) atoms. The van der Waals surface area contributed by atoms with Crippen LogP contribution in [0.1, 0.15) is 42.6 Å². The van der Waals surface area contributed by atoms with Gasteiger partial charge in [0.2, 0.25) is 5.91 Å². The van der Waals surface area contributed by atoms with Crippen molar-refractivity contribution < 1.29 is 24.3 Å². The van der Waals surface area contributed by atoms with Gasteiger partial charge in [-0.25, -0.2) is 14.8 Å². The van der Waals surface area contributed by atoms with Gasteiger partial charge in [-0.05, 0) is 12.3 Å². The van der Waals surface area contributed by atoms with Gasteiger partial charge in [0.25, 0.3) is 11.8 Å². The second-order valence-electron chi connectivity index (χ2n) is 6.28. The van der Waals surface area contributed by atoms with Crippen molar-refractivity contribution in [1.82, 2.24) is 25.7 Å². The summed E-state index contributed by atoms with van der Waals surface area (Å²) in [5.41, 5.74) is 7.28. The Labute approximate surface area is 155 Å². The van der Waals surface area contributed by atoms with Gasteiger partial charge >= 0.3 is 6.09 Å². The van der Waals surface area contributed by atoms with E-state index in [1.807, 2.05) is 0 Å². The number of hydrazine groups is 1. The standard InChI is InChI=1S/C16H22N6O5/c17-13(23)4-7-22(16(26)27)21-15(25)11(8-10-2-1-3-10)20-14(24)12-9-18-5-6-19-12/h5-6,9-11H,1-4,7-8H2,(H2,17,23)(H,20,24)(H,21,25)(H,26,27)/t11-/m0/s1. The minimum Gasteiger partial charge on any atom is -0.464 e. The SMILES string of the molecule is NC(=O)CCN(NC(=O)[C@H](CC1CCC1)NC(=O)c1cnccn1)C(=O)O. The molecule has 1 heterocycles. The molecule has 0 aliphatic heterocycles. The molecule has 1 aromatic rings. The predicted molar refractivity (Wildman–Crippen MR) is 91.9 cm³/mol. The van der Waals surface area contributed by atoms with Gasteiger partial charge in [-0.2, -0.15) is 0 Å². The van der Waals surface area contributed by atoms with Crippen LogP contribution >= 0.6 is 0 Å². The first-order chi connectivity index (χ1) is 12.9. The highest BCUT2D eigenvalue weighted by Crippen LogP contribution is 2.30. The summed E-state index contributed by atoms with van der Waals surface area (Å²) < 4.78 is 0. The fraction of sp³-hybridized carbons (Fsp3) is 0.500. The van der Waals surface area contributed by atoms with Crippen molar-refractivity contribution in [2.75, 3.05) is 6.54 Å². The molecule has 11 heteroatoms. The Morgan fingerprint density at radius 2 is 2.04 bits per heavy atom. The van der Waals surface area contributed by atoms with Crippen LogP contribution in [0.2, 0.25) is 0 Å². The normalized spacial score (nSPS) is 14.5. The van der Waals surface area contributed by atoms with Crippen LogP contribution in [-0.4, -0.2) is 56.5 Å². The van der Waals surface area contributed by atoms with Gasteiger partial charge in [0, 0.05) is 18.8 Å². The maximum atomic E-state index is 12.6. The molecule has 0 unspecified atom stereocenters. The highest BCUT2D eigenvalue weighted by atomic mass is 16.4. The summed E-state index contributed by atoms with van der Waals surface area (Å²) in [5, 5.41) is 12.3. The summed E-state index contributed by atoms with van der Waals surface area (Å²) in [6, 6.07) is -0.944. The molecule has 0 bridgehead atoms. The Balaban J connectivity index is 2.04. The number of nitrogens with zero attached hydrogens (tertiary/aromatic N) is 3. The van der Waals surface area contributed by atoms with Crippen molar-refractivity contribution in [2.24, 2.45) is 11.7 Å². The zero-order chi connectivity index (χ0) is 19.8. The number of rotatable bonds is 8. The summed E-state index contributed by atoms with van der Waals surface area (Å²) >= 11 is 0. The molecule has 1 aromatic heterocycles. The van der Waals surface area contributed by atoms with E-state index in [9.17, 15) is 19.2 Å². The van der Waals surface area contributed by atoms with Crippen molar-refractivity contribution >= 4 is 23.8 Å². The number of hydrogen-bond donors (Lipinski definition) is 4. The third-order valence-electron chi connectivity index (χ3n) is 4.27. The van der Waals surface area contributed by atoms with E-state index in [4.69, 9.17) is 10.8 Å². The summed E-state index contributed by atoms with van der Waals surface area (Å²) in [6.45, 7) is -0.287. The largest absolute Gasteiger partial charge is 0.464 e. The van der Waals surface area contributed by atoms with Crippen LogP contribution in [0.4, 0.5) is 4.79 Å². The quantitative estimate of drug-likeness (QED) is 0.448. The monoisotopic (exact) mass is 378 g/mol. The van der Waals surface area contributed by atoms with Crippen LogP contribution in [0.3, 0.4) is 0 Å². The number of aromatic nitrogens is 2. The first kappa shape index (κ1) is 20.1. The lowest BCUT2D eigenvalue weighted by atomic mass is 9.80. The Morgan fingerprint density at radius 3 is 2.56 bits per heavy atom. The maximum absolute atomic E-state index is 12.6. The van der Waals surface area contributed by atoms with E-state index in [0.717, 1.165) is 19.3 Å². The Kier molecular flexibility index (Phi) is 7.03. The van der Waals surface area contributed by atoms with Gasteiger partial charge in [0.05, 0.1) is 12.7 Å². The van der Waals surface area contributed by atoms with Crippen LogP contribution in [0.25, 0.3) is 0 Å². The Hall–Kier alpha value is -3.24. The van der Waals surface area contributed by atoms with Crippen LogP contribution in [-0.2, 0) is 9.59 Å². The lowest BCUT2D eigenvalue weighted by molar-refractivity contribution is -0.128. The topological polar surface area (TPSA) is 168 Å². The second-order valence-corrected chi connectivity index (χ2v) is 6.28. The van der Waals surface area contributed by atoms with Gasteiger partial charge in [0.1, 0.15) is 11.7 Å². The van der Waals surface area contributed by atoms with Crippen LogP contribution < -0.4 is 16.5 Å². The summed E-state index contributed by atoms with van der Waals surface area (Å²) in [7, 11) is 0. The lowest BCUT2D eigenvalue weighted by Crippen LogP contribution is -2.55. The van der Waals surface area contributed by atoms with Gasteiger partial charge in [0.15, 0.2) is 0 Å². The van der Waals surface area contributed by atoms with Crippen LogP contribution in [0.15, 0.2) is 18.6 Å². The number of primary amides is 1. The highest BCUT2D eigenvalue weighted by Gasteiger charge is 2.30. The smallest absolute Gasteiger partial charge is 0.426 e. The number of nitrogens with two attached hydrogens (primary N) is 1. The fourth-order valence-electron chi connectivity index (χ4n) is 2.57. The molecular weight excluding hydrogens is 356 g/mol. The summed E-state index contributed by atoms with van der Waals surface area (Å²) in [4.78, 5) is 54.7. The first-order valence-electron chi connectivity index (χ1n) is 8.53. The number of carbonyl (C=O) groups excluding carboxylic acids is 3. The number of hydrogen-bond acceptors (Lipinski definition) is 6. The zero-order valence-electron chi connectivity index (χ0n) is 14.6. The molecule has 4 amide bonds. The average Bonchev–Trinajstić information content (AvgIpc) is 2.60. The first-order valence-corrected chi connectivity index (χ1v) is 8.53. The van der Waals surface area contributed by atoms with Crippen molar-refractivity contribution in [3.8, 4) is 0 Å². The zero-order valence-corrected chi connectivity index (χ0v) is 14.6. The Morgan fingerprint density at radius 1 is 1.30 bits per heavy atom. The van der Waals surface area contributed by atoms with Gasteiger partial charge in [-0.1, -0.05) is 19.3 Å². The van der Waals surface area contributed by atoms with Gasteiger partial charge < -0.3 is 16.2 Å². The van der Waals surface area contributed by atoms with E-state index in [-0.39, 0.29) is 24.6 Å². The molecule has 0 aromatic carbocycles. The van der Waals surface area contributed by atoms with Crippen LogP contribution in [0, 0.1) is 5.92 Å². The van der Waals surface area contributed by atoms with Crippen molar-refractivity contribution in [1.29, 1.82) is 0 Å². The van der Waals surface area contributed by atoms with Crippen molar-refractivity contribution in [3.63, 3.8) is 0 Å². The third kappa shape index (κ3) is 6.20. The minimum atomic E-state index is -1.44. The molecule has 0 saturated heterocycles. The number of nitrogens with one attached hydrogen (secondary N) is 2. The van der Waals surface area contributed by atoms with Crippen molar-refractivity contribution in [3.05, 3.63) is 24.3 Å². The van der Waals surface area contributed by atoms with E-state index in [1.165, 1.54) is 18.6 Å². The van der Waals surface area contributed by atoms with Crippen LogP contribution in [0.5, 0.6) is 0 Å². The predicted octanol–water partition coefficient (Wildman–Crippen LogP) is -0.348. The van der Waals surface area contributed by atoms with Gasteiger partial charge in [-0.15, -0.1) is 0 Å². The molecule has 0 spiro atoms. The van der Waals surface area contributed by atoms with E-state index >= 15 is 0 Å². The summed E-state index contributed by atoms with van der Waals surface area (Å²) in [6.07, 6.45) is 5.66. The van der Waals surface area contributed by atoms with Gasteiger partial charge in [-0.3, -0.25) is 24.8 Å². The van der Waals surface area contributed by atoms with E-state index in [2.05, 4.69) is 20.7 Å². The minimum absolute atomic E-state index is 0.0488. The molecule has 11 nitrogen and oxygen atoms in total. The molecule has 146 valence electrons. The number of carbonyl (C=O) groups is 4. The third-order valence-corrected chi connectivity index (χ3v) is 4.27. The molecule has 1 fully saturated rings. The number of amides is 4. The van der Waals surface area contributed by atoms with E-state index in [1.54, 1.807) is 0 Å². The highest BCUT2D eigenvalue weighted by molar-refractivity contribution is 5.96. The second kappa shape index (κ2) is 9.46. The Bertz CT molecular complexity index is 694. The van der Waals surface area contributed by atoms with E-state index < -0.39 is 29.9 Å². The molecule has 1 aliphatic rings. The molecule has 0 radical (unpaired) electrons. The fourth-order valence-corrected chi connectivity index (χ4v) is 2.57. The lowest BCUT2D eigenvalue weighted by Gasteiger charge is -2.30. The number of carboxylic acid groups (broad SMARTS) is 1. The molecule has 5 N–H and O–H groups in total. The summed E-state index contributed by atoms with van der Waals surface area (Å²) in [5.74, 6) is -1.70. The maximum Gasteiger partial charge on any atom is 0.426 e.